The summed E-state index contributed by atoms with van der Waals surface area (Å²) in [5.74, 6) is 2.16. The molecule has 5 heteroatoms. The molecular formula is C12H9Br2NO2. The van der Waals surface area contributed by atoms with E-state index in [-0.39, 0.29) is 0 Å². The van der Waals surface area contributed by atoms with Gasteiger partial charge in [-0.25, -0.2) is 0 Å². The largest absolute Gasteiger partial charge is 0.497 e. The fourth-order valence-corrected chi connectivity index (χ4v) is 2.05. The van der Waals surface area contributed by atoms with E-state index in [1.54, 1.807) is 19.5 Å². The molecule has 0 aliphatic carbocycles. The number of methoxy groups -OCH3 is 1. The molecule has 0 radical (unpaired) electrons. The van der Waals surface area contributed by atoms with E-state index in [0.29, 0.717) is 11.5 Å². The van der Waals surface area contributed by atoms with Gasteiger partial charge >= 0.3 is 0 Å². The van der Waals surface area contributed by atoms with Crippen molar-refractivity contribution < 1.29 is 9.47 Å². The molecule has 0 atom stereocenters. The molecule has 0 fully saturated rings. The van der Waals surface area contributed by atoms with Crippen LogP contribution in [0.4, 0.5) is 0 Å². The monoisotopic (exact) mass is 357 g/mol. The van der Waals surface area contributed by atoms with Crippen LogP contribution in [0.1, 0.15) is 0 Å². The van der Waals surface area contributed by atoms with Crippen molar-refractivity contribution in [2.45, 2.75) is 0 Å². The summed E-state index contributed by atoms with van der Waals surface area (Å²) in [7, 11) is 1.63. The summed E-state index contributed by atoms with van der Waals surface area (Å²) < 4.78 is 12.5. The first-order valence-corrected chi connectivity index (χ1v) is 6.39. The van der Waals surface area contributed by atoms with Gasteiger partial charge in [-0.1, -0.05) is 0 Å². The Morgan fingerprint density at radius 2 is 1.88 bits per heavy atom. The first-order chi connectivity index (χ1) is 8.19. The zero-order chi connectivity index (χ0) is 12.3. The Morgan fingerprint density at radius 1 is 1.06 bits per heavy atom. The quantitative estimate of drug-likeness (QED) is 0.814. The van der Waals surface area contributed by atoms with Crippen molar-refractivity contribution in [3.8, 4) is 17.2 Å². The molecule has 3 nitrogen and oxygen atoms in total. The van der Waals surface area contributed by atoms with Crippen molar-refractivity contribution in [2.75, 3.05) is 7.11 Å². The van der Waals surface area contributed by atoms with Crippen LogP contribution in [0, 0.1) is 0 Å². The van der Waals surface area contributed by atoms with Gasteiger partial charge in [0.05, 0.1) is 17.8 Å². The number of hydrogen-bond acceptors (Lipinski definition) is 3. The molecule has 1 aromatic heterocycles. The zero-order valence-electron chi connectivity index (χ0n) is 8.98. The van der Waals surface area contributed by atoms with Gasteiger partial charge in [-0.3, -0.25) is 4.98 Å². The van der Waals surface area contributed by atoms with E-state index in [4.69, 9.17) is 9.47 Å². The molecule has 2 aromatic rings. The minimum absolute atomic E-state index is 0.672. The minimum Gasteiger partial charge on any atom is -0.497 e. The maximum absolute atomic E-state index is 5.69. The molecule has 0 spiro atoms. The van der Waals surface area contributed by atoms with Crippen LogP contribution in [0.25, 0.3) is 0 Å². The van der Waals surface area contributed by atoms with E-state index >= 15 is 0 Å². The Hall–Kier alpha value is -1.07. The third-order valence-electron chi connectivity index (χ3n) is 2.05. The standard InChI is InChI=1S/C12H9Br2NO2/c1-16-9-2-3-12(11(14)5-9)17-10-4-8(13)6-15-7-10/h2-7H,1H3. The highest BCUT2D eigenvalue weighted by Crippen LogP contribution is 2.32. The molecule has 0 bridgehead atoms. The maximum Gasteiger partial charge on any atom is 0.146 e. The number of halogens is 2. The number of rotatable bonds is 3. The Balaban J connectivity index is 2.24. The molecule has 0 aliphatic rings. The normalized spacial score (nSPS) is 10.1. The fraction of sp³-hybridized carbons (Fsp3) is 0.0833. The lowest BCUT2D eigenvalue weighted by atomic mass is 10.3. The van der Waals surface area contributed by atoms with E-state index in [1.165, 1.54) is 0 Å². The average molecular weight is 359 g/mol. The number of hydrogen-bond donors (Lipinski definition) is 0. The predicted molar refractivity (Wildman–Crippen MR) is 72.7 cm³/mol. The number of benzene rings is 1. The first-order valence-electron chi connectivity index (χ1n) is 4.81. The molecule has 1 heterocycles. The third-order valence-corrected chi connectivity index (χ3v) is 3.10. The predicted octanol–water partition coefficient (Wildman–Crippen LogP) is 4.41. The van der Waals surface area contributed by atoms with Gasteiger partial charge in [0, 0.05) is 10.7 Å². The molecule has 1 aromatic carbocycles. The highest BCUT2D eigenvalue weighted by molar-refractivity contribution is 9.10. The van der Waals surface area contributed by atoms with E-state index in [2.05, 4.69) is 36.8 Å². The lowest BCUT2D eigenvalue weighted by Crippen LogP contribution is -1.88. The highest BCUT2D eigenvalue weighted by Gasteiger charge is 2.05. The molecule has 0 saturated carbocycles. The summed E-state index contributed by atoms with van der Waals surface area (Å²) in [5.41, 5.74) is 0. The second kappa shape index (κ2) is 5.51. The lowest BCUT2D eigenvalue weighted by molar-refractivity contribution is 0.412. The van der Waals surface area contributed by atoms with Gasteiger partial charge in [0.1, 0.15) is 17.2 Å². The van der Waals surface area contributed by atoms with E-state index in [0.717, 1.165) is 14.7 Å². The number of ether oxygens (including phenoxy) is 2. The van der Waals surface area contributed by atoms with Gasteiger partial charge in [0.25, 0.3) is 0 Å². The summed E-state index contributed by atoms with van der Waals surface area (Å²) in [6.45, 7) is 0. The van der Waals surface area contributed by atoms with Crippen LogP contribution < -0.4 is 9.47 Å². The molecule has 0 aliphatic heterocycles. The van der Waals surface area contributed by atoms with E-state index in [1.807, 2.05) is 24.3 Å². The summed E-state index contributed by atoms with van der Waals surface area (Å²) >= 11 is 6.77. The van der Waals surface area contributed by atoms with Crippen LogP contribution in [0.15, 0.2) is 45.6 Å². The van der Waals surface area contributed by atoms with Crippen LogP contribution in [-0.2, 0) is 0 Å². The van der Waals surface area contributed by atoms with Crippen LogP contribution in [-0.4, -0.2) is 12.1 Å². The smallest absolute Gasteiger partial charge is 0.146 e. The summed E-state index contributed by atoms with van der Waals surface area (Å²) in [6.07, 6.45) is 3.36. The molecule has 17 heavy (non-hydrogen) atoms. The summed E-state index contributed by atoms with van der Waals surface area (Å²) in [6, 6.07) is 7.37. The second-order valence-electron chi connectivity index (χ2n) is 3.24. The average Bonchev–Trinajstić information content (AvgIpc) is 2.32. The van der Waals surface area contributed by atoms with Crippen molar-refractivity contribution in [3.05, 3.63) is 45.6 Å². The zero-order valence-corrected chi connectivity index (χ0v) is 12.2. The molecular weight excluding hydrogens is 350 g/mol. The summed E-state index contributed by atoms with van der Waals surface area (Å²) in [5, 5.41) is 0. The lowest BCUT2D eigenvalue weighted by Gasteiger charge is -2.08. The fourth-order valence-electron chi connectivity index (χ4n) is 1.27. The second-order valence-corrected chi connectivity index (χ2v) is 5.01. The van der Waals surface area contributed by atoms with Crippen LogP contribution in [0.5, 0.6) is 17.2 Å². The van der Waals surface area contributed by atoms with Crippen molar-refractivity contribution in [1.82, 2.24) is 4.98 Å². The van der Waals surface area contributed by atoms with E-state index in [9.17, 15) is 0 Å². The molecule has 0 N–H and O–H groups in total. The Bertz CT molecular complexity index is 532. The van der Waals surface area contributed by atoms with Gasteiger partial charge in [0.15, 0.2) is 0 Å². The maximum atomic E-state index is 5.69. The number of nitrogens with zero attached hydrogens (tertiary/aromatic N) is 1. The Labute approximate surface area is 116 Å². The Kier molecular flexibility index (Phi) is 4.02. The SMILES string of the molecule is COc1ccc(Oc2cncc(Br)c2)c(Br)c1. The van der Waals surface area contributed by atoms with Crippen LogP contribution in [0.3, 0.4) is 0 Å². The van der Waals surface area contributed by atoms with Gasteiger partial charge in [-0.2, -0.15) is 0 Å². The Morgan fingerprint density at radius 3 is 2.53 bits per heavy atom. The van der Waals surface area contributed by atoms with Crippen LogP contribution >= 0.6 is 31.9 Å². The molecule has 0 saturated heterocycles. The van der Waals surface area contributed by atoms with E-state index < -0.39 is 0 Å². The minimum atomic E-state index is 0.672. The molecule has 0 amide bonds. The van der Waals surface area contributed by atoms with Crippen molar-refractivity contribution in [3.63, 3.8) is 0 Å². The number of pyridine rings is 1. The van der Waals surface area contributed by atoms with Gasteiger partial charge in [0.2, 0.25) is 0 Å². The van der Waals surface area contributed by atoms with Gasteiger partial charge in [-0.15, -0.1) is 0 Å². The molecule has 88 valence electrons. The van der Waals surface area contributed by atoms with Gasteiger partial charge in [-0.05, 0) is 56.1 Å². The van der Waals surface area contributed by atoms with Crippen molar-refractivity contribution >= 4 is 31.9 Å². The number of aromatic nitrogens is 1. The van der Waals surface area contributed by atoms with Gasteiger partial charge < -0.3 is 9.47 Å². The third kappa shape index (κ3) is 3.20. The van der Waals surface area contributed by atoms with Crippen molar-refractivity contribution in [1.29, 1.82) is 0 Å². The summed E-state index contributed by atoms with van der Waals surface area (Å²) in [4.78, 5) is 4.03. The van der Waals surface area contributed by atoms with Crippen LogP contribution in [0.2, 0.25) is 0 Å². The first kappa shape index (κ1) is 12.4. The molecule has 2 rings (SSSR count). The topological polar surface area (TPSA) is 31.4 Å². The molecule has 0 unspecified atom stereocenters. The van der Waals surface area contributed by atoms with Crippen molar-refractivity contribution in [2.24, 2.45) is 0 Å². The highest BCUT2D eigenvalue weighted by atomic mass is 79.9.